The second-order valence-electron chi connectivity index (χ2n) is 8.49. The Morgan fingerprint density at radius 3 is 2.57 bits per heavy atom. The molecule has 0 radical (unpaired) electrons. The van der Waals surface area contributed by atoms with Gasteiger partial charge in [0.15, 0.2) is 0 Å². The van der Waals surface area contributed by atoms with E-state index in [1.807, 2.05) is 30.3 Å². The maximum absolute atomic E-state index is 12.7. The van der Waals surface area contributed by atoms with Crippen LogP contribution in [-0.4, -0.2) is 55.4 Å². The summed E-state index contributed by atoms with van der Waals surface area (Å²) in [7, 11) is 0. The summed E-state index contributed by atoms with van der Waals surface area (Å²) in [5, 5.41) is 0. The average molecular weight is 388 g/mol. The van der Waals surface area contributed by atoms with Gasteiger partial charge in [-0.2, -0.15) is 0 Å². The first-order valence-corrected chi connectivity index (χ1v) is 11.0. The summed E-state index contributed by atoms with van der Waals surface area (Å²) in [6.45, 7) is 3.58. The fourth-order valence-corrected chi connectivity index (χ4v) is 4.93. The minimum Gasteiger partial charge on any atom is -0.491 e. The van der Waals surface area contributed by atoms with Crippen LogP contribution in [0.25, 0.3) is 0 Å². The zero-order valence-electron chi connectivity index (χ0n) is 16.8. The number of carbonyl (C=O) groups is 1. The van der Waals surface area contributed by atoms with E-state index < -0.39 is 0 Å². The van der Waals surface area contributed by atoms with Gasteiger partial charge in [-0.1, -0.05) is 31.0 Å². The minimum atomic E-state index is -0.102. The molecule has 4 rings (SSSR count). The van der Waals surface area contributed by atoms with Gasteiger partial charge in [0.1, 0.15) is 12.4 Å². The van der Waals surface area contributed by atoms with Crippen LogP contribution in [0.15, 0.2) is 30.3 Å². The van der Waals surface area contributed by atoms with Crippen molar-refractivity contribution in [3.63, 3.8) is 0 Å². The summed E-state index contributed by atoms with van der Waals surface area (Å²) in [6, 6.07) is 9.86. The Hall–Kier alpha value is -1.59. The molecule has 2 heterocycles. The molecule has 1 spiro atoms. The van der Waals surface area contributed by atoms with Crippen molar-refractivity contribution in [3.05, 3.63) is 30.3 Å². The fraction of sp³-hybridized carbons (Fsp3) is 0.696. The Balaban J connectivity index is 1.20. The zero-order chi connectivity index (χ0) is 19.2. The molecule has 28 heavy (non-hydrogen) atoms. The molecule has 1 aromatic rings. The summed E-state index contributed by atoms with van der Waals surface area (Å²) in [5.41, 5.74) is -0.102. The molecule has 2 aliphatic heterocycles. The molecule has 154 valence electrons. The van der Waals surface area contributed by atoms with Gasteiger partial charge in [0.2, 0.25) is 5.91 Å². The van der Waals surface area contributed by atoms with Gasteiger partial charge in [0, 0.05) is 32.0 Å². The quantitative estimate of drug-likeness (QED) is 0.697. The SMILES string of the molecule is O=C(C1CCCC1)N1CCC2(CC1)CC(OCCOc1ccccc1)CCO2. The lowest BCUT2D eigenvalue weighted by Crippen LogP contribution is -2.52. The van der Waals surface area contributed by atoms with Crippen molar-refractivity contribution in [1.29, 1.82) is 0 Å². The van der Waals surface area contributed by atoms with E-state index >= 15 is 0 Å². The molecule has 0 bridgehead atoms. The Morgan fingerprint density at radius 1 is 1.07 bits per heavy atom. The van der Waals surface area contributed by atoms with Crippen LogP contribution in [0, 0.1) is 5.92 Å². The van der Waals surface area contributed by atoms with Gasteiger partial charge in [0.05, 0.1) is 18.3 Å². The molecule has 1 unspecified atom stereocenters. The van der Waals surface area contributed by atoms with Gasteiger partial charge in [0.25, 0.3) is 0 Å². The molecular formula is C23H33NO4. The maximum atomic E-state index is 12.7. The molecule has 1 saturated carbocycles. The predicted molar refractivity (Wildman–Crippen MR) is 107 cm³/mol. The highest BCUT2D eigenvalue weighted by molar-refractivity contribution is 5.79. The van der Waals surface area contributed by atoms with Crippen molar-refractivity contribution in [1.82, 2.24) is 4.90 Å². The van der Waals surface area contributed by atoms with Crippen LogP contribution in [0.2, 0.25) is 0 Å². The zero-order valence-corrected chi connectivity index (χ0v) is 16.8. The number of likely N-dealkylation sites (tertiary alicyclic amines) is 1. The Labute approximate surface area is 168 Å². The number of piperidine rings is 1. The van der Waals surface area contributed by atoms with E-state index in [4.69, 9.17) is 14.2 Å². The molecule has 5 nitrogen and oxygen atoms in total. The topological polar surface area (TPSA) is 48.0 Å². The van der Waals surface area contributed by atoms with Crippen LogP contribution in [0.3, 0.4) is 0 Å². The Kier molecular flexibility index (Phi) is 6.53. The first kappa shape index (κ1) is 19.7. The first-order valence-electron chi connectivity index (χ1n) is 11.0. The summed E-state index contributed by atoms with van der Waals surface area (Å²) < 4.78 is 18.0. The van der Waals surface area contributed by atoms with Gasteiger partial charge in [-0.25, -0.2) is 0 Å². The summed E-state index contributed by atoms with van der Waals surface area (Å²) in [4.78, 5) is 14.8. The van der Waals surface area contributed by atoms with Crippen molar-refractivity contribution in [2.75, 3.05) is 32.9 Å². The summed E-state index contributed by atoms with van der Waals surface area (Å²) in [5.74, 6) is 1.55. The third kappa shape index (κ3) is 4.87. The second-order valence-corrected chi connectivity index (χ2v) is 8.49. The summed E-state index contributed by atoms with van der Waals surface area (Å²) in [6.07, 6.45) is 8.56. The van der Waals surface area contributed by atoms with Gasteiger partial charge in [-0.3, -0.25) is 4.79 Å². The minimum absolute atomic E-state index is 0.102. The fourth-order valence-electron chi connectivity index (χ4n) is 4.93. The van der Waals surface area contributed by atoms with Crippen LogP contribution < -0.4 is 4.74 Å². The lowest BCUT2D eigenvalue weighted by molar-refractivity contribution is -0.163. The van der Waals surface area contributed by atoms with Gasteiger partial charge < -0.3 is 19.1 Å². The smallest absolute Gasteiger partial charge is 0.225 e. The van der Waals surface area contributed by atoms with E-state index in [9.17, 15) is 4.79 Å². The molecule has 0 N–H and O–H groups in total. The van der Waals surface area contributed by atoms with Crippen LogP contribution in [0.1, 0.15) is 51.4 Å². The molecule has 1 aromatic carbocycles. The largest absolute Gasteiger partial charge is 0.491 e. The summed E-state index contributed by atoms with van der Waals surface area (Å²) >= 11 is 0. The molecule has 5 heteroatoms. The van der Waals surface area contributed by atoms with Crippen LogP contribution >= 0.6 is 0 Å². The Morgan fingerprint density at radius 2 is 1.82 bits per heavy atom. The van der Waals surface area contributed by atoms with Crippen LogP contribution in [-0.2, 0) is 14.3 Å². The predicted octanol–water partition coefficient (Wildman–Crippen LogP) is 3.81. The lowest BCUT2D eigenvalue weighted by Gasteiger charge is -2.46. The third-order valence-electron chi connectivity index (χ3n) is 6.59. The number of carbonyl (C=O) groups excluding carboxylic acids is 1. The monoisotopic (exact) mass is 387 g/mol. The lowest BCUT2D eigenvalue weighted by atomic mass is 9.83. The van der Waals surface area contributed by atoms with Crippen molar-refractivity contribution in [3.8, 4) is 5.75 Å². The van der Waals surface area contributed by atoms with Gasteiger partial charge in [-0.05, 0) is 44.2 Å². The molecule has 0 aromatic heterocycles. The molecule has 1 amide bonds. The molecule has 1 atom stereocenters. The van der Waals surface area contributed by atoms with E-state index in [0.29, 0.717) is 19.1 Å². The normalized spacial score (nSPS) is 25.1. The number of para-hydroxylation sites is 1. The second kappa shape index (κ2) is 9.27. The molecular weight excluding hydrogens is 354 g/mol. The van der Waals surface area contributed by atoms with E-state index in [0.717, 1.165) is 64.0 Å². The number of amides is 1. The highest BCUT2D eigenvalue weighted by Gasteiger charge is 2.42. The van der Waals surface area contributed by atoms with Crippen LogP contribution in [0.5, 0.6) is 5.75 Å². The van der Waals surface area contributed by atoms with E-state index in [2.05, 4.69) is 4.90 Å². The van der Waals surface area contributed by atoms with Gasteiger partial charge >= 0.3 is 0 Å². The van der Waals surface area contributed by atoms with E-state index in [1.54, 1.807) is 0 Å². The maximum Gasteiger partial charge on any atom is 0.225 e. The van der Waals surface area contributed by atoms with E-state index in [-0.39, 0.29) is 17.6 Å². The number of ether oxygens (including phenoxy) is 3. The number of rotatable bonds is 6. The molecule has 2 saturated heterocycles. The van der Waals surface area contributed by atoms with Gasteiger partial charge in [-0.15, -0.1) is 0 Å². The highest BCUT2D eigenvalue weighted by atomic mass is 16.5. The van der Waals surface area contributed by atoms with Crippen molar-refractivity contribution < 1.29 is 19.0 Å². The molecule has 1 aliphatic carbocycles. The molecule has 3 aliphatic rings. The van der Waals surface area contributed by atoms with Crippen LogP contribution in [0.4, 0.5) is 0 Å². The number of hydrogen-bond acceptors (Lipinski definition) is 4. The molecule has 3 fully saturated rings. The number of hydrogen-bond donors (Lipinski definition) is 0. The average Bonchev–Trinajstić information content (AvgIpc) is 3.27. The van der Waals surface area contributed by atoms with Crippen molar-refractivity contribution in [2.45, 2.75) is 63.1 Å². The third-order valence-corrected chi connectivity index (χ3v) is 6.59. The van der Waals surface area contributed by atoms with E-state index in [1.165, 1.54) is 12.8 Å². The highest BCUT2D eigenvalue weighted by Crippen LogP contribution is 2.37. The standard InChI is InChI=1S/C23H33NO4/c25-22(19-6-4-5-7-19)24-13-11-23(12-14-24)18-21(10-15-28-23)27-17-16-26-20-8-2-1-3-9-20/h1-3,8-9,19,21H,4-7,10-18H2. The van der Waals surface area contributed by atoms with Crippen molar-refractivity contribution >= 4 is 5.91 Å². The Bertz CT molecular complexity index is 621. The number of nitrogens with zero attached hydrogens (tertiary/aromatic N) is 1. The van der Waals surface area contributed by atoms with Crippen molar-refractivity contribution in [2.24, 2.45) is 5.92 Å². The first-order chi connectivity index (χ1) is 13.7. The number of benzene rings is 1.